The van der Waals surface area contributed by atoms with Crippen molar-refractivity contribution in [1.82, 2.24) is 0 Å². The van der Waals surface area contributed by atoms with Gasteiger partial charge < -0.3 is 14.0 Å². The molecule has 2 rings (SSSR count). The zero-order valence-corrected chi connectivity index (χ0v) is 14.8. The third kappa shape index (κ3) is 4.54. The van der Waals surface area contributed by atoms with Gasteiger partial charge in [0.25, 0.3) is 0 Å². The van der Waals surface area contributed by atoms with E-state index in [9.17, 15) is 0 Å². The number of halogens is 2. The molecule has 0 saturated carbocycles. The summed E-state index contributed by atoms with van der Waals surface area (Å²) in [4.78, 5) is 0. The lowest BCUT2D eigenvalue weighted by molar-refractivity contribution is 0.0811. The number of rotatable bonds is 7. The second kappa shape index (κ2) is 9.02. The van der Waals surface area contributed by atoms with Gasteiger partial charge in [0.05, 0.1) is 11.6 Å². The second-order valence-corrected chi connectivity index (χ2v) is 6.33. The fraction of sp³-hybridized carbons (Fsp3) is 0.625. The Hall–Kier alpha value is -0.415. The summed E-state index contributed by atoms with van der Waals surface area (Å²) < 4.78 is 17.1. The molecular weight excluding hydrogens is 322 g/mol. The van der Waals surface area contributed by atoms with Gasteiger partial charge in [0.1, 0.15) is 10.8 Å². The molecule has 0 unspecified atom stereocenters. The van der Waals surface area contributed by atoms with Crippen LogP contribution in [0.15, 0.2) is 12.1 Å². The van der Waals surface area contributed by atoms with E-state index in [0.717, 1.165) is 11.9 Å². The quantitative estimate of drug-likeness (QED) is 0.544. The maximum atomic E-state index is 6.33. The Balaban J connectivity index is 1.95. The predicted octanol–water partition coefficient (Wildman–Crippen LogP) is 4.33. The molecule has 0 bridgehead atoms. The van der Waals surface area contributed by atoms with E-state index in [2.05, 4.69) is 6.92 Å². The first-order valence-electron chi connectivity index (χ1n) is 8.01. The fourth-order valence-electron chi connectivity index (χ4n) is 2.57. The zero-order chi connectivity index (χ0) is 15.9. The largest absolute Gasteiger partial charge is 0.495 e. The highest BCUT2D eigenvalue weighted by Gasteiger charge is 2.32. The molecule has 1 aliphatic heterocycles. The molecule has 1 aromatic rings. The van der Waals surface area contributed by atoms with Crippen molar-refractivity contribution in [3.8, 4) is 5.75 Å². The van der Waals surface area contributed by atoms with Crippen molar-refractivity contribution in [2.45, 2.75) is 39.5 Å². The Kier molecular flexibility index (Phi) is 7.35. The van der Waals surface area contributed by atoms with Crippen LogP contribution in [-0.2, 0) is 9.31 Å². The maximum absolute atomic E-state index is 6.33. The molecule has 0 aliphatic carbocycles. The number of ether oxygens (including phenoxy) is 1. The number of hydrogen-bond donors (Lipinski definition) is 0. The first kappa shape index (κ1) is 17.9. The van der Waals surface area contributed by atoms with Crippen LogP contribution in [0.1, 0.15) is 39.5 Å². The van der Waals surface area contributed by atoms with Gasteiger partial charge in [0.2, 0.25) is 0 Å². The van der Waals surface area contributed by atoms with Crippen molar-refractivity contribution in [2.75, 3.05) is 19.8 Å². The maximum Gasteiger partial charge on any atom is 0.495 e. The summed E-state index contributed by atoms with van der Waals surface area (Å²) in [6.45, 7) is 6.07. The van der Waals surface area contributed by atoms with Crippen molar-refractivity contribution in [1.29, 1.82) is 0 Å². The molecular formula is C16H23BCl2O3. The van der Waals surface area contributed by atoms with E-state index in [-0.39, 0.29) is 0 Å². The Bertz CT molecular complexity index is 477. The van der Waals surface area contributed by atoms with E-state index in [1.807, 2.05) is 19.1 Å². The van der Waals surface area contributed by atoms with Crippen LogP contribution < -0.4 is 10.2 Å². The highest BCUT2D eigenvalue weighted by molar-refractivity contribution is 6.66. The predicted molar refractivity (Wildman–Crippen MR) is 92.6 cm³/mol. The summed E-state index contributed by atoms with van der Waals surface area (Å²) in [6.07, 6.45) is 4.88. The van der Waals surface area contributed by atoms with Crippen molar-refractivity contribution < 1.29 is 14.0 Å². The molecule has 1 fully saturated rings. The third-order valence-electron chi connectivity index (χ3n) is 3.81. The molecule has 1 heterocycles. The summed E-state index contributed by atoms with van der Waals surface area (Å²) in [6, 6.07) is 3.67. The lowest BCUT2D eigenvalue weighted by Gasteiger charge is -2.28. The molecule has 1 saturated heterocycles. The summed E-state index contributed by atoms with van der Waals surface area (Å²) in [5.74, 6) is 1.06. The molecule has 1 aliphatic rings. The van der Waals surface area contributed by atoms with E-state index in [1.54, 1.807) is 0 Å². The molecule has 6 heteroatoms. The lowest BCUT2D eigenvalue weighted by atomic mass is 9.77. The molecule has 0 aromatic heterocycles. The standard InChI is InChI=1S/C16H23BCl2O3/c1-3-5-6-7-12-10-21-17(22-11-12)13-8-9-14(20-4-2)16(19)15(13)18/h8-9,12H,3-7,10-11H2,1-2H3. The van der Waals surface area contributed by atoms with E-state index < -0.39 is 7.12 Å². The topological polar surface area (TPSA) is 27.7 Å². The Labute approximate surface area is 143 Å². The molecule has 1 aromatic carbocycles. The molecule has 3 nitrogen and oxygen atoms in total. The van der Waals surface area contributed by atoms with Crippen molar-refractivity contribution in [3.63, 3.8) is 0 Å². The molecule has 0 spiro atoms. The first-order valence-corrected chi connectivity index (χ1v) is 8.76. The molecule has 0 radical (unpaired) electrons. The number of unbranched alkanes of at least 4 members (excludes halogenated alkanes) is 2. The summed E-state index contributed by atoms with van der Waals surface area (Å²) in [5.41, 5.74) is 0.766. The fourth-order valence-corrected chi connectivity index (χ4v) is 3.04. The Morgan fingerprint density at radius 2 is 1.86 bits per heavy atom. The summed E-state index contributed by atoms with van der Waals surface area (Å²) in [7, 11) is -0.442. The monoisotopic (exact) mass is 344 g/mol. The zero-order valence-electron chi connectivity index (χ0n) is 13.2. The minimum Gasteiger partial charge on any atom is -0.492 e. The third-order valence-corrected chi connectivity index (χ3v) is 4.69. The Morgan fingerprint density at radius 3 is 2.50 bits per heavy atom. The average Bonchev–Trinajstić information content (AvgIpc) is 2.53. The number of hydrogen-bond acceptors (Lipinski definition) is 3. The van der Waals surface area contributed by atoms with Gasteiger partial charge in [-0.25, -0.2) is 0 Å². The van der Waals surface area contributed by atoms with E-state index in [0.29, 0.717) is 41.5 Å². The van der Waals surface area contributed by atoms with Crippen LogP contribution in [0, 0.1) is 5.92 Å². The molecule has 22 heavy (non-hydrogen) atoms. The normalized spacial score (nSPS) is 16.1. The minimum absolute atomic E-state index is 0.415. The molecule has 122 valence electrons. The second-order valence-electron chi connectivity index (χ2n) is 5.57. The van der Waals surface area contributed by atoms with Crippen molar-refractivity contribution in [3.05, 3.63) is 22.2 Å². The van der Waals surface area contributed by atoms with Crippen LogP contribution in [0.2, 0.25) is 10.0 Å². The van der Waals surface area contributed by atoms with Crippen LogP contribution in [-0.4, -0.2) is 26.9 Å². The summed E-state index contributed by atoms with van der Waals surface area (Å²) in [5, 5.41) is 0.861. The van der Waals surface area contributed by atoms with E-state index in [4.69, 9.17) is 37.2 Å². The van der Waals surface area contributed by atoms with Crippen LogP contribution in [0.5, 0.6) is 5.75 Å². The van der Waals surface area contributed by atoms with Gasteiger partial charge in [-0.2, -0.15) is 0 Å². The Morgan fingerprint density at radius 1 is 1.14 bits per heavy atom. The van der Waals surface area contributed by atoms with E-state index in [1.165, 1.54) is 19.3 Å². The van der Waals surface area contributed by atoms with Gasteiger partial charge in [0.15, 0.2) is 0 Å². The van der Waals surface area contributed by atoms with Crippen molar-refractivity contribution in [2.24, 2.45) is 5.92 Å². The van der Waals surface area contributed by atoms with E-state index >= 15 is 0 Å². The number of benzene rings is 1. The smallest absolute Gasteiger partial charge is 0.492 e. The van der Waals surface area contributed by atoms with Crippen LogP contribution in [0.3, 0.4) is 0 Å². The van der Waals surface area contributed by atoms with Crippen LogP contribution in [0.25, 0.3) is 0 Å². The van der Waals surface area contributed by atoms with Gasteiger partial charge in [-0.05, 0) is 19.4 Å². The first-order chi connectivity index (χ1) is 10.7. The van der Waals surface area contributed by atoms with Gasteiger partial charge in [-0.15, -0.1) is 0 Å². The minimum atomic E-state index is -0.442. The van der Waals surface area contributed by atoms with Crippen LogP contribution >= 0.6 is 23.2 Å². The average molecular weight is 345 g/mol. The highest BCUT2D eigenvalue weighted by Crippen LogP contribution is 2.31. The lowest BCUT2D eigenvalue weighted by Crippen LogP contribution is -2.44. The van der Waals surface area contributed by atoms with Gasteiger partial charge in [-0.1, -0.05) is 55.5 Å². The molecule has 0 atom stereocenters. The van der Waals surface area contributed by atoms with Gasteiger partial charge in [0, 0.05) is 24.6 Å². The summed E-state index contributed by atoms with van der Waals surface area (Å²) >= 11 is 12.6. The highest BCUT2D eigenvalue weighted by atomic mass is 35.5. The van der Waals surface area contributed by atoms with Crippen molar-refractivity contribution >= 4 is 35.8 Å². The van der Waals surface area contributed by atoms with Gasteiger partial charge >= 0.3 is 7.12 Å². The van der Waals surface area contributed by atoms with Gasteiger partial charge in [-0.3, -0.25) is 0 Å². The SMILES string of the molecule is CCCCCC1COB(c2ccc(OCC)c(Cl)c2Cl)OC1. The molecule has 0 N–H and O–H groups in total. The van der Waals surface area contributed by atoms with Crippen LogP contribution in [0.4, 0.5) is 0 Å². The molecule has 0 amide bonds.